The van der Waals surface area contributed by atoms with Crippen LogP contribution >= 0.6 is 0 Å². The van der Waals surface area contributed by atoms with Gasteiger partial charge in [0.25, 0.3) is 0 Å². The number of Topliss-reactive ketones (excluding diaryl/α,β-unsaturated/α-hetero) is 1. The number of hydrogen-bond donors (Lipinski definition) is 0. The molecule has 2 aromatic heterocycles. The predicted octanol–water partition coefficient (Wildman–Crippen LogP) is 3.20. The minimum Gasteiger partial charge on any atom is -0.304 e. The maximum absolute atomic E-state index is 13.0. The zero-order chi connectivity index (χ0) is 22.8. The van der Waals surface area contributed by atoms with Crippen LogP contribution in [0.1, 0.15) is 21.7 Å². The SMILES string of the molecule is CN1CCN(Cc2cccc(C(=O)Cc3ncc4ccc(-c5cnn(C)c5)cc4n3)c2)CC1. The molecule has 0 spiro atoms. The fraction of sp³-hybridized carbons (Fsp3) is 0.308. The van der Waals surface area contributed by atoms with Crippen LogP contribution in [0, 0.1) is 0 Å². The number of benzene rings is 2. The average Bonchev–Trinajstić information content (AvgIpc) is 3.26. The van der Waals surface area contributed by atoms with Gasteiger partial charge in [-0.05, 0) is 30.3 Å². The van der Waals surface area contributed by atoms with E-state index in [1.807, 2.05) is 55.8 Å². The summed E-state index contributed by atoms with van der Waals surface area (Å²) in [6.45, 7) is 5.15. The number of hydrogen-bond acceptors (Lipinski definition) is 6. The van der Waals surface area contributed by atoms with Crippen molar-refractivity contribution < 1.29 is 4.79 Å². The van der Waals surface area contributed by atoms with E-state index in [4.69, 9.17) is 0 Å². The second-order valence-corrected chi connectivity index (χ2v) is 8.84. The van der Waals surface area contributed by atoms with E-state index in [-0.39, 0.29) is 12.2 Å². The number of ketones is 1. The molecule has 0 bridgehead atoms. The van der Waals surface area contributed by atoms with E-state index in [1.54, 1.807) is 10.9 Å². The van der Waals surface area contributed by atoms with E-state index in [2.05, 4.69) is 38.0 Å². The molecule has 5 rings (SSSR count). The number of fused-ring (bicyclic) bond motifs is 1. The van der Waals surface area contributed by atoms with Crippen LogP contribution in [0.3, 0.4) is 0 Å². The molecule has 0 saturated carbocycles. The van der Waals surface area contributed by atoms with Crippen molar-refractivity contribution in [3.8, 4) is 11.1 Å². The lowest BCUT2D eigenvalue weighted by molar-refractivity contribution is 0.0990. The van der Waals surface area contributed by atoms with E-state index in [0.717, 1.165) is 60.3 Å². The van der Waals surface area contributed by atoms with Gasteiger partial charge in [-0.25, -0.2) is 9.97 Å². The zero-order valence-electron chi connectivity index (χ0n) is 19.1. The summed E-state index contributed by atoms with van der Waals surface area (Å²) in [4.78, 5) is 26.9. The molecule has 0 atom stereocenters. The smallest absolute Gasteiger partial charge is 0.170 e. The number of aromatic nitrogens is 4. The lowest BCUT2D eigenvalue weighted by atomic mass is 10.0. The number of nitrogens with zero attached hydrogens (tertiary/aromatic N) is 6. The Kier molecular flexibility index (Phi) is 5.98. The Morgan fingerprint density at radius 1 is 0.970 bits per heavy atom. The summed E-state index contributed by atoms with van der Waals surface area (Å²) in [5.74, 6) is 0.582. The first-order valence-electron chi connectivity index (χ1n) is 11.3. The molecule has 1 fully saturated rings. The van der Waals surface area contributed by atoms with E-state index in [1.165, 1.54) is 5.56 Å². The Bertz CT molecular complexity index is 1290. The number of piperazine rings is 1. The molecule has 0 radical (unpaired) electrons. The largest absolute Gasteiger partial charge is 0.304 e. The summed E-state index contributed by atoms with van der Waals surface area (Å²) >= 11 is 0. The fourth-order valence-electron chi connectivity index (χ4n) is 4.25. The molecule has 33 heavy (non-hydrogen) atoms. The summed E-state index contributed by atoms with van der Waals surface area (Å²) in [7, 11) is 4.06. The third-order valence-electron chi connectivity index (χ3n) is 6.24. The lowest BCUT2D eigenvalue weighted by Crippen LogP contribution is -2.43. The molecule has 2 aromatic carbocycles. The van der Waals surface area contributed by atoms with Crippen molar-refractivity contribution in [3.63, 3.8) is 0 Å². The molecule has 0 amide bonds. The van der Waals surface area contributed by atoms with Gasteiger partial charge in [-0.3, -0.25) is 14.4 Å². The molecule has 4 aromatic rings. The summed E-state index contributed by atoms with van der Waals surface area (Å²) in [5.41, 5.74) is 4.80. The van der Waals surface area contributed by atoms with Gasteiger partial charge < -0.3 is 4.90 Å². The van der Waals surface area contributed by atoms with Crippen LogP contribution in [0.4, 0.5) is 0 Å². The van der Waals surface area contributed by atoms with Crippen molar-refractivity contribution in [1.82, 2.24) is 29.5 Å². The van der Waals surface area contributed by atoms with Gasteiger partial charge in [0, 0.05) is 68.7 Å². The van der Waals surface area contributed by atoms with Crippen LogP contribution in [-0.2, 0) is 20.0 Å². The summed E-state index contributed by atoms with van der Waals surface area (Å²) in [6.07, 6.45) is 5.79. The quantitative estimate of drug-likeness (QED) is 0.429. The average molecular weight is 441 g/mol. The highest BCUT2D eigenvalue weighted by atomic mass is 16.1. The standard InChI is InChI=1S/C26H28N6O/c1-30-8-10-32(11-9-30)17-19-4-3-5-21(12-19)25(33)14-26-27-15-22-7-6-20(13-24(22)29-26)23-16-28-31(2)18-23/h3-7,12-13,15-16,18H,8-11,14,17H2,1-2H3. The molecule has 0 N–H and O–H groups in total. The van der Waals surface area contributed by atoms with Crippen molar-refractivity contribution in [2.45, 2.75) is 13.0 Å². The molecule has 0 unspecified atom stereocenters. The molecule has 168 valence electrons. The van der Waals surface area contributed by atoms with Crippen molar-refractivity contribution in [2.75, 3.05) is 33.2 Å². The van der Waals surface area contributed by atoms with Crippen LogP contribution in [0.2, 0.25) is 0 Å². The van der Waals surface area contributed by atoms with Gasteiger partial charge in [0.05, 0.1) is 18.1 Å². The van der Waals surface area contributed by atoms with Crippen LogP contribution < -0.4 is 0 Å². The van der Waals surface area contributed by atoms with Gasteiger partial charge in [0.2, 0.25) is 0 Å². The van der Waals surface area contributed by atoms with Crippen molar-refractivity contribution >= 4 is 16.7 Å². The second-order valence-electron chi connectivity index (χ2n) is 8.84. The van der Waals surface area contributed by atoms with Crippen LogP contribution in [0.5, 0.6) is 0 Å². The first-order chi connectivity index (χ1) is 16.0. The van der Waals surface area contributed by atoms with Crippen LogP contribution in [0.15, 0.2) is 61.1 Å². The van der Waals surface area contributed by atoms with Crippen LogP contribution in [0.25, 0.3) is 22.0 Å². The summed E-state index contributed by atoms with van der Waals surface area (Å²) < 4.78 is 1.78. The number of carbonyl (C=O) groups excluding carboxylic acids is 1. The van der Waals surface area contributed by atoms with Gasteiger partial charge in [0.1, 0.15) is 5.82 Å². The Balaban J connectivity index is 1.31. The Morgan fingerprint density at radius 3 is 2.61 bits per heavy atom. The molecule has 0 aliphatic carbocycles. The molecular weight excluding hydrogens is 412 g/mol. The van der Waals surface area contributed by atoms with Gasteiger partial charge in [-0.1, -0.05) is 30.3 Å². The van der Waals surface area contributed by atoms with E-state index in [0.29, 0.717) is 5.82 Å². The maximum atomic E-state index is 13.0. The second kappa shape index (κ2) is 9.21. The molecule has 1 aliphatic heterocycles. The molecule has 7 heteroatoms. The normalized spacial score (nSPS) is 15.2. The van der Waals surface area contributed by atoms with Crippen molar-refractivity contribution in [1.29, 1.82) is 0 Å². The number of carbonyl (C=O) groups is 1. The van der Waals surface area contributed by atoms with Gasteiger partial charge in [0.15, 0.2) is 5.78 Å². The monoisotopic (exact) mass is 440 g/mol. The van der Waals surface area contributed by atoms with E-state index >= 15 is 0 Å². The molecule has 1 aliphatic rings. The fourth-order valence-corrected chi connectivity index (χ4v) is 4.25. The molecule has 7 nitrogen and oxygen atoms in total. The van der Waals surface area contributed by atoms with Crippen molar-refractivity contribution in [3.05, 3.63) is 78.0 Å². The van der Waals surface area contributed by atoms with Crippen molar-refractivity contribution in [2.24, 2.45) is 7.05 Å². The predicted molar refractivity (Wildman–Crippen MR) is 129 cm³/mol. The highest BCUT2D eigenvalue weighted by molar-refractivity contribution is 5.97. The first kappa shape index (κ1) is 21.4. The molecular formula is C26H28N6O. The topological polar surface area (TPSA) is 67.2 Å². The Hall–Kier alpha value is -3.42. The highest BCUT2D eigenvalue weighted by Gasteiger charge is 2.15. The van der Waals surface area contributed by atoms with Gasteiger partial charge in [-0.15, -0.1) is 0 Å². The Morgan fingerprint density at radius 2 is 1.82 bits per heavy atom. The number of rotatable bonds is 6. The first-order valence-corrected chi connectivity index (χ1v) is 11.3. The van der Waals surface area contributed by atoms with Gasteiger partial charge in [-0.2, -0.15) is 5.10 Å². The molecule has 3 heterocycles. The minimum absolute atomic E-state index is 0.0398. The van der Waals surface area contributed by atoms with E-state index in [9.17, 15) is 4.79 Å². The highest BCUT2D eigenvalue weighted by Crippen LogP contribution is 2.23. The number of likely N-dealkylation sites (N-methyl/N-ethyl adjacent to an activating group) is 1. The maximum Gasteiger partial charge on any atom is 0.170 e. The van der Waals surface area contributed by atoms with Crippen LogP contribution in [-0.4, -0.2) is 68.6 Å². The Labute approximate surface area is 193 Å². The minimum atomic E-state index is 0.0398. The summed E-state index contributed by atoms with van der Waals surface area (Å²) in [6, 6.07) is 14.0. The third-order valence-corrected chi connectivity index (χ3v) is 6.24. The summed E-state index contributed by atoms with van der Waals surface area (Å²) in [5, 5.41) is 5.20. The zero-order valence-corrected chi connectivity index (χ0v) is 19.1. The van der Waals surface area contributed by atoms with E-state index < -0.39 is 0 Å². The lowest BCUT2D eigenvalue weighted by Gasteiger charge is -2.32. The molecule has 1 saturated heterocycles. The number of aryl methyl sites for hydroxylation is 1. The van der Waals surface area contributed by atoms with Gasteiger partial charge >= 0.3 is 0 Å². The third kappa shape index (κ3) is 4.99.